The molecule has 1 amide bonds. The van der Waals surface area contributed by atoms with Gasteiger partial charge in [-0.3, -0.25) is 14.2 Å². The summed E-state index contributed by atoms with van der Waals surface area (Å²) in [6.07, 6.45) is 2.38. The number of thiophene rings is 1. The first-order chi connectivity index (χ1) is 17.1. The summed E-state index contributed by atoms with van der Waals surface area (Å²) < 4.78 is 2.06. The van der Waals surface area contributed by atoms with Crippen LogP contribution >= 0.6 is 11.3 Å². The Labute approximate surface area is 206 Å². The molecule has 3 heterocycles. The standard InChI is InChI=1S/C28H24N4O2S/c1-2-23-31-25-20-13-15-21(18-9-4-3-5-10-18)30-27(20)35-26(25)28(34)32(23)16-24(33)29-22-14-12-17-8-6-7-11-19(17)22/h3-11,13,15,22H,2,12,14,16H2,1H3,(H,29,33)/t22-/m0/s1. The van der Waals surface area contributed by atoms with Crippen LogP contribution in [-0.4, -0.2) is 20.4 Å². The lowest BCUT2D eigenvalue weighted by Crippen LogP contribution is -2.35. The third-order valence-corrected chi connectivity index (χ3v) is 7.75. The fourth-order valence-electron chi connectivity index (χ4n) is 4.94. The lowest BCUT2D eigenvalue weighted by Gasteiger charge is -2.16. The van der Waals surface area contributed by atoms with E-state index >= 15 is 0 Å². The van der Waals surface area contributed by atoms with Crippen molar-refractivity contribution < 1.29 is 4.79 Å². The number of nitrogens with one attached hydrogen (secondary N) is 1. The zero-order valence-corrected chi connectivity index (χ0v) is 20.1. The lowest BCUT2D eigenvalue weighted by molar-refractivity contribution is -0.122. The van der Waals surface area contributed by atoms with E-state index < -0.39 is 0 Å². The minimum Gasteiger partial charge on any atom is -0.348 e. The average Bonchev–Trinajstić information content (AvgIpc) is 3.47. The molecule has 0 saturated heterocycles. The highest BCUT2D eigenvalue weighted by atomic mass is 32.1. The molecule has 0 bridgehead atoms. The van der Waals surface area contributed by atoms with Crippen molar-refractivity contribution in [1.29, 1.82) is 0 Å². The van der Waals surface area contributed by atoms with Gasteiger partial charge >= 0.3 is 0 Å². The van der Waals surface area contributed by atoms with Gasteiger partial charge in [-0.25, -0.2) is 9.97 Å². The van der Waals surface area contributed by atoms with Crippen LogP contribution in [0.1, 0.15) is 36.3 Å². The molecule has 5 aromatic rings. The zero-order valence-electron chi connectivity index (χ0n) is 19.3. The quantitative estimate of drug-likeness (QED) is 0.382. The van der Waals surface area contributed by atoms with Gasteiger partial charge in [0, 0.05) is 17.4 Å². The Bertz CT molecular complexity index is 1640. The SMILES string of the molecule is CCc1nc2c(sc3nc(-c4ccccc4)ccc32)c(=O)n1CC(=O)N[C@H]1CCc2ccccc21. The number of aryl methyl sites for hydroxylation is 2. The second kappa shape index (κ2) is 8.74. The minimum absolute atomic E-state index is 0.0129. The van der Waals surface area contributed by atoms with Crippen molar-refractivity contribution in [3.63, 3.8) is 0 Å². The second-order valence-corrected chi connectivity index (χ2v) is 9.82. The molecule has 6 rings (SSSR count). The van der Waals surface area contributed by atoms with Crippen molar-refractivity contribution in [2.24, 2.45) is 0 Å². The fourth-order valence-corrected chi connectivity index (χ4v) is 6.01. The molecular weight excluding hydrogens is 456 g/mol. The van der Waals surface area contributed by atoms with Gasteiger partial charge in [-0.2, -0.15) is 0 Å². The first-order valence-electron chi connectivity index (χ1n) is 11.9. The Kier molecular flexibility index (Phi) is 5.41. The van der Waals surface area contributed by atoms with Crippen LogP contribution in [0, 0.1) is 0 Å². The number of pyridine rings is 1. The number of carbonyl (C=O) groups excluding carboxylic acids is 1. The largest absolute Gasteiger partial charge is 0.348 e. The average molecular weight is 481 g/mol. The number of aromatic nitrogens is 3. The minimum atomic E-state index is -0.182. The van der Waals surface area contributed by atoms with Crippen LogP contribution in [0.2, 0.25) is 0 Å². The Morgan fingerprint density at radius 3 is 2.69 bits per heavy atom. The van der Waals surface area contributed by atoms with E-state index in [4.69, 9.17) is 9.97 Å². The van der Waals surface area contributed by atoms with E-state index in [9.17, 15) is 9.59 Å². The molecule has 1 N–H and O–H groups in total. The molecule has 35 heavy (non-hydrogen) atoms. The smallest absolute Gasteiger partial charge is 0.272 e. The van der Waals surface area contributed by atoms with Crippen molar-refractivity contribution in [2.75, 3.05) is 0 Å². The molecule has 3 aromatic heterocycles. The molecule has 174 valence electrons. The summed E-state index contributed by atoms with van der Waals surface area (Å²) in [7, 11) is 0. The third kappa shape index (κ3) is 3.82. The third-order valence-electron chi connectivity index (χ3n) is 6.68. The normalized spacial score (nSPS) is 14.9. The molecule has 0 spiro atoms. The maximum atomic E-state index is 13.5. The molecule has 7 heteroatoms. The van der Waals surface area contributed by atoms with Crippen LogP contribution in [0.25, 0.3) is 31.7 Å². The second-order valence-electron chi connectivity index (χ2n) is 8.83. The van der Waals surface area contributed by atoms with Gasteiger partial charge in [-0.1, -0.05) is 61.5 Å². The number of amides is 1. The Hall–Kier alpha value is -3.84. The van der Waals surface area contributed by atoms with Gasteiger partial charge in [-0.05, 0) is 36.1 Å². The molecule has 2 aromatic carbocycles. The van der Waals surface area contributed by atoms with E-state index in [0.717, 1.165) is 34.3 Å². The van der Waals surface area contributed by atoms with Crippen LogP contribution in [0.3, 0.4) is 0 Å². The molecule has 1 aliphatic carbocycles. The van der Waals surface area contributed by atoms with Gasteiger partial charge in [0.25, 0.3) is 5.56 Å². The van der Waals surface area contributed by atoms with Crippen molar-refractivity contribution >= 4 is 37.7 Å². The molecule has 0 aliphatic heterocycles. The van der Waals surface area contributed by atoms with Crippen LogP contribution in [0.4, 0.5) is 0 Å². The van der Waals surface area contributed by atoms with E-state index in [0.29, 0.717) is 22.5 Å². The van der Waals surface area contributed by atoms with Crippen LogP contribution < -0.4 is 10.9 Å². The van der Waals surface area contributed by atoms with Crippen LogP contribution in [0.15, 0.2) is 71.5 Å². The molecule has 0 saturated carbocycles. The highest BCUT2D eigenvalue weighted by molar-refractivity contribution is 7.25. The number of carbonyl (C=O) groups is 1. The van der Waals surface area contributed by atoms with Crippen molar-refractivity contribution in [2.45, 2.75) is 38.8 Å². The van der Waals surface area contributed by atoms with Crippen LogP contribution in [0.5, 0.6) is 0 Å². The topological polar surface area (TPSA) is 76.9 Å². The Morgan fingerprint density at radius 2 is 1.86 bits per heavy atom. The summed E-state index contributed by atoms with van der Waals surface area (Å²) in [4.78, 5) is 36.9. The van der Waals surface area contributed by atoms with Crippen LogP contribution in [-0.2, 0) is 24.2 Å². The van der Waals surface area contributed by atoms with E-state index in [-0.39, 0.29) is 24.1 Å². The molecule has 6 nitrogen and oxygen atoms in total. The number of hydrogen-bond acceptors (Lipinski definition) is 5. The summed E-state index contributed by atoms with van der Waals surface area (Å²) >= 11 is 1.34. The molecule has 1 atom stereocenters. The van der Waals surface area contributed by atoms with Gasteiger partial charge in [0.1, 0.15) is 21.9 Å². The molecule has 0 unspecified atom stereocenters. The van der Waals surface area contributed by atoms with Crippen molar-refractivity contribution in [3.8, 4) is 11.3 Å². The fraction of sp³-hybridized carbons (Fsp3) is 0.214. The van der Waals surface area contributed by atoms with E-state index in [2.05, 4.69) is 17.4 Å². The summed E-state index contributed by atoms with van der Waals surface area (Å²) in [5, 5.41) is 4.00. The highest BCUT2D eigenvalue weighted by Crippen LogP contribution is 2.32. The number of rotatable bonds is 5. The maximum absolute atomic E-state index is 13.5. The Balaban J connectivity index is 1.35. The first kappa shape index (κ1) is 21.7. The zero-order chi connectivity index (χ0) is 23.9. The summed E-state index contributed by atoms with van der Waals surface area (Å²) in [5.74, 6) is 0.437. The van der Waals surface area contributed by atoms with Gasteiger partial charge in [-0.15, -0.1) is 11.3 Å². The summed E-state index contributed by atoms with van der Waals surface area (Å²) in [6, 6.07) is 22.1. The van der Waals surface area contributed by atoms with Crippen molar-refractivity contribution in [1.82, 2.24) is 19.9 Å². The highest BCUT2D eigenvalue weighted by Gasteiger charge is 2.24. The maximum Gasteiger partial charge on any atom is 0.272 e. The Morgan fingerprint density at radius 1 is 1.06 bits per heavy atom. The number of benzene rings is 2. The number of hydrogen-bond donors (Lipinski definition) is 1. The van der Waals surface area contributed by atoms with E-state index in [1.54, 1.807) is 0 Å². The summed E-state index contributed by atoms with van der Waals surface area (Å²) in [6.45, 7) is 1.91. The van der Waals surface area contributed by atoms with Gasteiger partial charge in [0.2, 0.25) is 5.91 Å². The molecule has 0 fully saturated rings. The molecule has 1 aliphatic rings. The monoisotopic (exact) mass is 480 g/mol. The van der Waals surface area contributed by atoms with E-state index in [1.807, 2.05) is 61.5 Å². The predicted molar refractivity (Wildman–Crippen MR) is 140 cm³/mol. The van der Waals surface area contributed by atoms with Gasteiger partial charge < -0.3 is 5.32 Å². The van der Waals surface area contributed by atoms with Crippen molar-refractivity contribution in [3.05, 3.63) is 94.0 Å². The van der Waals surface area contributed by atoms with E-state index in [1.165, 1.54) is 27.0 Å². The number of fused-ring (bicyclic) bond motifs is 4. The molecule has 0 radical (unpaired) electrons. The predicted octanol–water partition coefficient (Wildman–Crippen LogP) is 5.04. The number of nitrogens with zero attached hydrogens (tertiary/aromatic N) is 3. The lowest BCUT2D eigenvalue weighted by atomic mass is 10.1. The van der Waals surface area contributed by atoms with Gasteiger partial charge in [0.05, 0.1) is 17.3 Å². The summed E-state index contributed by atoms with van der Waals surface area (Å²) in [5.41, 5.74) is 4.81. The molecular formula is C28H24N4O2S. The first-order valence-corrected chi connectivity index (χ1v) is 12.7. The van der Waals surface area contributed by atoms with Gasteiger partial charge in [0.15, 0.2) is 0 Å².